The van der Waals surface area contributed by atoms with Gasteiger partial charge in [-0.25, -0.2) is 0 Å². The number of furan rings is 1. The number of aliphatic hydroxyl groups excluding tert-OH is 1. The van der Waals surface area contributed by atoms with E-state index in [9.17, 15) is 9.90 Å². The zero-order valence-electron chi connectivity index (χ0n) is 12.2. The van der Waals surface area contributed by atoms with Gasteiger partial charge in [0.05, 0.1) is 18.6 Å². The predicted octanol–water partition coefficient (Wildman–Crippen LogP) is 2.71. The van der Waals surface area contributed by atoms with Gasteiger partial charge in [0.2, 0.25) is 5.91 Å². The lowest BCUT2D eigenvalue weighted by Gasteiger charge is -2.10. The molecule has 1 atom stereocenters. The summed E-state index contributed by atoms with van der Waals surface area (Å²) >= 11 is 1.53. The van der Waals surface area contributed by atoms with Crippen molar-refractivity contribution in [3.63, 3.8) is 0 Å². The van der Waals surface area contributed by atoms with Crippen LogP contribution in [-0.4, -0.2) is 23.3 Å². The molecule has 0 spiro atoms. The van der Waals surface area contributed by atoms with Crippen molar-refractivity contribution in [2.75, 3.05) is 12.3 Å². The van der Waals surface area contributed by atoms with Gasteiger partial charge in [-0.2, -0.15) is 0 Å². The maximum absolute atomic E-state index is 11.9. The molecule has 3 rings (SSSR count). The number of aliphatic hydroxyl groups is 1. The monoisotopic (exact) mass is 317 g/mol. The predicted molar refractivity (Wildman–Crippen MR) is 85.9 cm³/mol. The third kappa shape index (κ3) is 3.72. The summed E-state index contributed by atoms with van der Waals surface area (Å²) in [7, 11) is 0. The van der Waals surface area contributed by atoms with Crippen molar-refractivity contribution in [3.8, 4) is 0 Å². The van der Waals surface area contributed by atoms with Crippen LogP contribution >= 0.6 is 11.8 Å². The molecule has 1 heterocycles. The molecule has 0 aliphatic heterocycles. The molecule has 1 unspecified atom stereocenters. The van der Waals surface area contributed by atoms with Crippen molar-refractivity contribution in [3.05, 3.63) is 53.5 Å². The SMILES string of the molecule is O=C(CSc1ccc2c(c1)CCC2)NCC(O)c1ccco1. The normalized spacial score (nSPS) is 14.6. The molecule has 1 aromatic carbocycles. The van der Waals surface area contributed by atoms with Crippen LogP contribution < -0.4 is 5.32 Å². The van der Waals surface area contributed by atoms with Crippen molar-refractivity contribution in [1.82, 2.24) is 5.32 Å². The molecule has 1 aliphatic carbocycles. The lowest BCUT2D eigenvalue weighted by Crippen LogP contribution is -2.29. The van der Waals surface area contributed by atoms with E-state index in [0.29, 0.717) is 11.5 Å². The van der Waals surface area contributed by atoms with Gasteiger partial charge < -0.3 is 14.8 Å². The first-order chi connectivity index (χ1) is 10.7. The number of thioether (sulfide) groups is 1. The van der Waals surface area contributed by atoms with Crippen LogP contribution in [0.15, 0.2) is 45.9 Å². The maximum Gasteiger partial charge on any atom is 0.230 e. The third-order valence-corrected chi connectivity index (χ3v) is 4.80. The van der Waals surface area contributed by atoms with Crippen LogP contribution in [0.2, 0.25) is 0 Å². The van der Waals surface area contributed by atoms with Crippen LogP contribution in [0.5, 0.6) is 0 Å². The van der Waals surface area contributed by atoms with E-state index in [-0.39, 0.29) is 12.5 Å². The Morgan fingerprint density at radius 1 is 1.32 bits per heavy atom. The van der Waals surface area contributed by atoms with E-state index in [1.165, 1.54) is 42.0 Å². The Kier molecular flexibility index (Phi) is 4.85. The number of benzene rings is 1. The second-order valence-corrected chi connectivity index (χ2v) is 6.46. The van der Waals surface area contributed by atoms with Gasteiger partial charge >= 0.3 is 0 Å². The molecule has 0 radical (unpaired) electrons. The van der Waals surface area contributed by atoms with E-state index in [4.69, 9.17) is 4.42 Å². The highest BCUT2D eigenvalue weighted by Gasteiger charge is 2.13. The van der Waals surface area contributed by atoms with Crippen LogP contribution in [0.25, 0.3) is 0 Å². The molecule has 5 heteroatoms. The van der Waals surface area contributed by atoms with Gasteiger partial charge in [0.25, 0.3) is 0 Å². The number of rotatable bonds is 6. The Balaban J connectivity index is 1.44. The average Bonchev–Trinajstić information content (AvgIpc) is 3.20. The van der Waals surface area contributed by atoms with Crippen LogP contribution in [-0.2, 0) is 17.6 Å². The molecule has 1 amide bonds. The smallest absolute Gasteiger partial charge is 0.230 e. The first kappa shape index (κ1) is 15.2. The molecule has 4 nitrogen and oxygen atoms in total. The number of aryl methyl sites for hydroxylation is 2. The second-order valence-electron chi connectivity index (χ2n) is 5.41. The number of hydrogen-bond acceptors (Lipinski definition) is 4. The number of hydrogen-bond donors (Lipinski definition) is 2. The first-order valence-corrected chi connectivity index (χ1v) is 8.44. The maximum atomic E-state index is 11.9. The molecule has 1 aromatic heterocycles. The molecule has 2 N–H and O–H groups in total. The summed E-state index contributed by atoms with van der Waals surface area (Å²) in [5.74, 6) is 0.728. The standard InChI is InChI=1S/C17H19NO3S/c19-15(16-5-2-8-21-16)10-18-17(20)11-22-14-7-6-12-3-1-4-13(12)9-14/h2,5-9,15,19H,1,3-4,10-11H2,(H,18,20). The van der Waals surface area contributed by atoms with Crippen molar-refractivity contribution in [1.29, 1.82) is 0 Å². The van der Waals surface area contributed by atoms with Gasteiger partial charge in [0.15, 0.2) is 0 Å². The number of nitrogens with one attached hydrogen (secondary N) is 1. The molecule has 0 fully saturated rings. The number of carbonyl (C=O) groups excluding carboxylic acids is 1. The number of fused-ring (bicyclic) bond motifs is 1. The highest BCUT2D eigenvalue weighted by atomic mass is 32.2. The molecule has 0 bridgehead atoms. The van der Waals surface area contributed by atoms with Crippen LogP contribution in [0.1, 0.15) is 29.4 Å². The molecule has 1 aliphatic rings. The van der Waals surface area contributed by atoms with E-state index in [2.05, 4.69) is 23.5 Å². The molecule has 116 valence electrons. The Bertz CT molecular complexity index is 639. The quantitative estimate of drug-likeness (QED) is 0.804. The van der Waals surface area contributed by atoms with Gasteiger partial charge in [-0.3, -0.25) is 4.79 Å². The minimum atomic E-state index is -0.802. The molecule has 2 aromatic rings. The molecule has 22 heavy (non-hydrogen) atoms. The summed E-state index contributed by atoms with van der Waals surface area (Å²) < 4.78 is 5.09. The van der Waals surface area contributed by atoms with Gasteiger partial charge in [-0.15, -0.1) is 11.8 Å². The van der Waals surface area contributed by atoms with E-state index in [0.717, 1.165) is 11.3 Å². The van der Waals surface area contributed by atoms with Gasteiger partial charge in [0.1, 0.15) is 11.9 Å². The van der Waals surface area contributed by atoms with Crippen LogP contribution in [0.3, 0.4) is 0 Å². The summed E-state index contributed by atoms with van der Waals surface area (Å²) in [5, 5.41) is 12.6. The van der Waals surface area contributed by atoms with Crippen LogP contribution in [0.4, 0.5) is 0 Å². The molecule has 0 saturated heterocycles. The minimum Gasteiger partial charge on any atom is -0.467 e. The Morgan fingerprint density at radius 2 is 2.18 bits per heavy atom. The minimum absolute atomic E-state index is 0.0869. The summed E-state index contributed by atoms with van der Waals surface area (Å²) in [6.45, 7) is 0.164. The largest absolute Gasteiger partial charge is 0.467 e. The Labute approximate surface area is 133 Å². The van der Waals surface area contributed by atoms with Crippen molar-refractivity contribution in [2.45, 2.75) is 30.3 Å². The lowest BCUT2D eigenvalue weighted by atomic mass is 10.1. The summed E-state index contributed by atoms with van der Waals surface area (Å²) in [4.78, 5) is 13.0. The molecular weight excluding hydrogens is 298 g/mol. The fourth-order valence-corrected chi connectivity index (χ4v) is 3.42. The summed E-state index contributed by atoms with van der Waals surface area (Å²) in [6.07, 6.45) is 4.25. The summed E-state index contributed by atoms with van der Waals surface area (Å²) in [6, 6.07) is 9.85. The van der Waals surface area contributed by atoms with E-state index in [1.54, 1.807) is 12.1 Å². The molecule has 0 saturated carbocycles. The topological polar surface area (TPSA) is 62.5 Å². The fourth-order valence-electron chi connectivity index (χ4n) is 2.63. The molecular formula is C17H19NO3S. The van der Waals surface area contributed by atoms with E-state index < -0.39 is 6.10 Å². The van der Waals surface area contributed by atoms with Crippen LogP contribution in [0, 0.1) is 0 Å². The van der Waals surface area contributed by atoms with E-state index in [1.807, 2.05) is 0 Å². The van der Waals surface area contributed by atoms with Crippen molar-refractivity contribution in [2.24, 2.45) is 0 Å². The zero-order chi connectivity index (χ0) is 15.4. The van der Waals surface area contributed by atoms with Gasteiger partial charge in [0, 0.05) is 4.90 Å². The highest BCUT2D eigenvalue weighted by molar-refractivity contribution is 8.00. The van der Waals surface area contributed by atoms with Crippen molar-refractivity contribution >= 4 is 17.7 Å². The third-order valence-electron chi connectivity index (χ3n) is 3.80. The van der Waals surface area contributed by atoms with E-state index >= 15 is 0 Å². The first-order valence-electron chi connectivity index (χ1n) is 7.45. The van der Waals surface area contributed by atoms with Gasteiger partial charge in [-0.05, 0) is 54.7 Å². The zero-order valence-corrected chi connectivity index (χ0v) is 13.1. The Hall–Kier alpha value is -1.72. The second kappa shape index (κ2) is 7.03. The highest BCUT2D eigenvalue weighted by Crippen LogP contribution is 2.27. The lowest BCUT2D eigenvalue weighted by molar-refractivity contribution is -0.119. The number of amides is 1. The Morgan fingerprint density at radius 3 is 3.00 bits per heavy atom. The van der Waals surface area contributed by atoms with Crippen molar-refractivity contribution < 1.29 is 14.3 Å². The fraction of sp³-hybridized carbons (Fsp3) is 0.353. The van der Waals surface area contributed by atoms with Gasteiger partial charge in [-0.1, -0.05) is 6.07 Å². The summed E-state index contributed by atoms with van der Waals surface area (Å²) in [5.41, 5.74) is 2.86. The average molecular weight is 317 g/mol. The number of carbonyl (C=O) groups is 1.